The molecular weight excluding hydrogens is 492 g/mol. The molecule has 2 aromatic carbocycles. The highest BCUT2D eigenvalue weighted by Gasteiger charge is 2.28. The van der Waals surface area contributed by atoms with Crippen LogP contribution in [0.5, 0.6) is 0 Å². The van der Waals surface area contributed by atoms with Crippen molar-refractivity contribution in [2.75, 3.05) is 18.4 Å². The Morgan fingerprint density at radius 1 is 1.00 bits per heavy atom. The number of hydrogen-bond acceptors (Lipinski definition) is 7. The fourth-order valence-corrected chi connectivity index (χ4v) is 7.40. The molecular formula is C24H21ClN4OS3. The van der Waals surface area contributed by atoms with Crippen molar-refractivity contribution in [2.45, 2.75) is 19.9 Å². The second kappa shape index (κ2) is 9.12. The van der Waals surface area contributed by atoms with Gasteiger partial charge in [-0.25, -0.2) is 9.97 Å². The largest absolute Gasteiger partial charge is 0.311 e. The van der Waals surface area contributed by atoms with E-state index in [9.17, 15) is 4.79 Å². The van der Waals surface area contributed by atoms with Crippen molar-refractivity contribution in [1.82, 2.24) is 14.9 Å². The molecule has 9 heteroatoms. The normalized spacial score (nSPS) is 13.7. The number of thiophene rings is 1. The first-order valence-corrected chi connectivity index (χ1v) is 13.0. The van der Waals surface area contributed by atoms with E-state index in [0.717, 1.165) is 62.1 Å². The summed E-state index contributed by atoms with van der Waals surface area (Å²) in [6, 6.07) is 16.1. The molecule has 0 saturated carbocycles. The van der Waals surface area contributed by atoms with E-state index in [-0.39, 0.29) is 18.3 Å². The molecule has 5 nitrogen and oxygen atoms in total. The number of para-hydroxylation sites is 2. The molecule has 1 aliphatic heterocycles. The first-order valence-electron chi connectivity index (χ1n) is 10.6. The molecule has 0 saturated heterocycles. The highest BCUT2D eigenvalue weighted by molar-refractivity contribution is 7.23. The summed E-state index contributed by atoms with van der Waals surface area (Å²) >= 11 is 4.81. The number of hydrogen-bond donors (Lipinski definition) is 1. The van der Waals surface area contributed by atoms with Crippen molar-refractivity contribution in [2.24, 2.45) is 0 Å². The maximum absolute atomic E-state index is 13.2. The number of fused-ring (bicyclic) bond motifs is 3. The molecule has 0 atom stereocenters. The lowest BCUT2D eigenvalue weighted by Crippen LogP contribution is -2.29. The van der Waals surface area contributed by atoms with Gasteiger partial charge >= 0.3 is 0 Å². The van der Waals surface area contributed by atoms with Crippen LogP contribution in [0.15, 0.2) is 48.5 Å². The molecule has 5 aromatic rings. The van der Waals surface area contributed by atoms with Crippen LogP contribution >= 0.6 is 46.4 Å². The summed E-state index contributed by atoms with van der Waals surface area (Å²) in [7, 11) is 0. The highest BCUT2D eigenvalue weighted by Crippen LogP contribution is 2.45. The fraction of sp³-hybridized carbons (Fsp3) is 0.208. The zero-order valence-electron chi connectivity index (χ0n) is 17.8. The molecule has 0 radical (unpaired) electrons. The van der Waals surface area contributed by atoms with Crippen LogP contribution in [0.2, 0.25) is 0 Å². The molecule has 0 unspecified atom stereocenters. The predicted octanol–water partition coefficient (Wildman–Crippen LogP) is 6.69. The summed E-state index contributed by atoms with van der Waals surface area (Å²) < 4.78 is 2.19. The van der Waals surface area contributed by atoms with Gasteiger partial charge in [-0.1, -0.05) is 31.2 Å². The maximum atomic E-state index is 13.2. The lowest BCUT2D eigenvalue weighted by Gasteiger charge is -2.25. The molecule has 3 aromatic heterocycles. The molecule has 0 aliphatic carbocycles. The van der Waals surface area contributed by atoms with Crippen LogP contribution in [0.1, 0.15) is 27.2 Å². The van der Waals surface area contributed by atoms with E-state index in [2.05, 4.69) is 28.2 Å². The van der Waals surface area contributed by atoms with Crippen LogP contribution in [-0.4, -0.2) is 33.9 Å². The van der Waals surface area contributed by atoms with Crippen LogP contribution < -0.4 is 5.32 Å². The summed E-state index contributed by atoms with van der Waals surface area (Å²) in [5, 5.41) is 5.55. The number of halogens is 1. The van der Waals surface area contributed by atoms with Crippen molar-refractivity contribution < 1.29 is 4.79 Å². The number of anilines is 1. The van der Waals surface area contributed by atoms with E-state index in [1.165, 1.54) is 21.8 Å². The van der Waals surface area contributed by atoms with Crippen LogP contribution in [0, 0.1) is 0 Å². The highest BCUT2D eigenvalue weighted by atomic mass is 35.5. The molecule has 0 bridgehead atoms. The smallest absolute Gasteiger partial charge is 0.285 e. The van der Waals surface area contributed by atoms with Gasteiger partial charge in [0.25, 0.3) is 5.91 Å². The average molecular weight is 513 g/mol. The topological polar surface area (TPSA) is 58.1 Å². The Hall–Kier alpha value is -2.36. The summed E-state index contributed by atoms with van der Waals surface area (Å²) in [5.41, 5.74) is 4.29. The number of nitrogens with zero attached hydrogens (tertiary/aromatic N) is 3. The minimum absolute atomic E-state index is 0. The fourth-order valence-electron chi connectivity index (χ4n) is 4.15. The van der Waals surface area contributed by atoms with Gasteiger partial charge in [0.1, 0.15) is 10.0 Å². The maximum Gasteiger partial charge on any atom is 0.285 e. The number of carbonyl (C=O) groups excluding carboxylic acids is 1. The van der Waals surface area contributed by atoms with Gasteiger partial charge in [-0.3, -0.25) is 9.69 Å². The number of thiazole rings is 2. The second-order valence-electron chi connectivity index (χ2n) is 7.75. The molecule has 1 N–H and O–H groups in total. The Balaban J connectivity index is 0.00000228. The number of aromatic nitrogens is 2. The first-order chi connectivity index (χ1) is 15.7. The Morgan fingerprint density at radius 3 is 2.39 bits per heavy atom. The SMILES string of the molecule is CCN1CCc2c(sc(NC(=O)c3nc4ccccc4s3)c2-c2nc3ccccc3s2)C1.Cl. The quantitative estimate of drug-likeness (QED) is 0.291. The molecule has 1 amide bonds. The third-order valence-corrected chi connectivity index (χ3v) is 9.03. The van der Waals surface area contributed by atoms with Gasteiger partial charge in [0, 0.05) is 23.5 Å². The summed E-state index contributed by atoms with van der Waals surface area (Å²) in [5.74, 6) is -0.153. The monoisotopic (exact) mass is 512 g/mol. The third-order valence-electron chi connectivity index (χ3n) is 5.81. The van der Waals surface area contributed by atoms with Gasteiger partial charge in [-0.05, 0) is 42.8 Å². The lowest BCUT2D eigenvalue weighted by atomic mass is 10.0. The van der Waals surface area contributed by atoms with Gasteiger partial charge in [-0.15, -0.1) is 46.4 Å². The zero-order chi connectivity index (χ0) is 21.7. The van der Waals surface area contributed by atoms with Crippen molar-refractivity contribution >= 4 is 77.8 Å². The second-order valence-corrected chi connectivity index (χ2v) is 10.9. The third kappa shape index (κ3) is 4.06. The molecule has 168 valence electrons. The van der Waals surface area contributed by atoms with E-state index >= 15 is 0 Å². The van der Waals surface area contributed by atoms with Gasteiger partial charge in [0.2, 0.25) is 0 Å². The molecule has 0 spiro atoms. The van der Waals surface area contributed by atoms with Crippen molar-refractivity contribution in [1.29, 1.82) is 0 Å². The van der Waals surface area contributed by atoms with E-state index < -0.39 is 0 Å². The zero-order valence-corrected chi connectivity index (χ0v) is 21.1. The molecule has 1 aliphatic rings. The summed E-state index contributed by atoms with van der Waals surface area (Å²) in [6.45, 7) is 5.18. The van der Waals surface area contributed by atoms with Gasteiger partial charge in [0.15, 0.2) is 5.01 Å². The number of nitrogens with one attached hydrogen (secondary N) is 1. The van der Waals surface area contributed by atoms with E-state index in [1.807, 2.05) is 42.5 Å². The van der Waals surface area contributed by atoms with E-state index in [1.54, 1.807) is 22.7 Å². The van der Waals surface area contributed by atoms with Crippen LogP contribution in [0.25, 0.3) is 31.0 Å². The van der Waals surface area contributed by atoms with E-state index in [0.29, 0.717) is 5.01 Å². The van der Waals surface area contributed by atoms with Crippen LogP contribution in [0.3, 0.4) is 0 Å². The minimum Gasteiger partial charge on any atom is -0.311 e. The summed E-state index contributed by atoms with van der Waals surface area (Å²) in [4.78, 5) is 26.4. The average Bonchev–Trinajstić information content (AvgIpc) is 3.52. The number of amides is 1. The molecule has 4 heterocycles. The molecule has 0 fully saturated rings. The Bertz CT molecular complexity index is 1410. The molecule has 6 rings (SSSR count). The number of likely N-dealkylation sites (N-methyl/N-ethyl adjacent to an activating group) is 1. The first kappa shape index (κ1) is 22.4. The van der Waals surface area contributed by atoms with Gasteiger partial charge < -0.3 is 5.32 Å². The van der Waals surface area contributed by atoms with Crippen LogP contribution in [-0.2, 0) is 13.0 Å². The van der Waals surface area contributed by atoms with Gasteiger partial charge in [0.05, 0.1) is 20.4 Å². The van der Waals surface area contributed by atoms with Crippen LogP contribution in [0.4, 0.5) is 5.00 Å². The summed E-state index contributed by atoms with van der Waals surface area (Å²) in [6.07, 6.45) is 0.974. The number of benzene rings is 2. The minimum atomic E-state index is -0.153. The number of rotatable bonds is 4. The lowest BCUT2D eigenvalue weighted by molar-refractivity contribution is 0.102. The predicted molar refractivity (Wildman–Crippen MR) is 142 cm³/mol. The Labute approximate surface area is 209 Å². The van der Waals surface area contributed by atoms with Crippen molar-refractivity contribution in [3.8, 4) is 10.6 Å². The van der Waals surface area contributed by atoms with E-state index in [4.69, 9.17) is 4.98 Å². The molecule has 33 heavy (non-hydrogen) atoms. The Morgan fingerprint density at radius 2 is 1.70 bits per heavy atom. The van der Waals surface area contributed by atoms with Crippen molar-refractivity contribution in [3.63, 3.8) is 0 Å². The Kier molecular flexibility index (Phi) is 6.20. The van der Waals surface area contributed by atoms with Crippen molar-refractivity contribution in [3.05, 3.63) is 64.0 Å². The standard InChI is InChI=1S/C24H20N4OS3.ClH/c1-2-28-12-11-14-19(13-28)32-23(20(14)22-25-15-7-3-5-9-17(15)30-22)27-21(29)24-26-16-8-4-6-10-18(16)31-24;/h3-10H,2,11-13H2,1H3,(H,27,29);1H. The number of carbonyl (C=O) groups is 1. The van der Waals surface area contributed by atoms with Gasteiger partial charge in [-0.2, -0.15) is 0 Å².